The Morgan fingerprint density at radius 2 is 1.82 bits per heavy atom. The number of hydrogen-bond acceptors (Lipinski definition) is 2. The fourth-order valence-electron chi connectivity index (χ4n) is 1.85. The summed E-state index contributed by atoms with van der Waals surface area (Å²) in [6.45, 7) is 10.1. The van der Waals surface area contributed by atoms with E-state index in [0.29, 0.717) is 0 Å². The van der Waals surface area contributed by atoms with Crippen molar-refractivity contribution in [2.75, 3.05) is 12.3 Å². The molecule has 0 fully saturated rings. The molecule has 0 amide bonds. The Morgan fingerprint density at radius 3 is 2.41 bits per heavy atom. The third kappa shape index (κ3) is 6.75. The van der Waals surface area contributed by atoms with Crippen molar-refractivity contribution < 1.29 is 0 Å². The quantitative estimate of drug-likeness (QED) is 0.741. The van der Waals surface area contributed by atoms with Gasteiger partial charge in [0.15, 0.2) is 0 Å². The molecule has 0 saturated carbocycles. The fraction of sp³-hybridized carbons (Fsp3) is 0.600. The molecule has 1 aromatic carbocycles. The highest BCUT2D eigenvalue weighted by Crippen LogP contribution is 2.13. The first-order chi connectivity index (χ1) is 7.99. The maximum atomic E-state index is 3.64. The average Bonchev–Trinajstić information content (AvgIpc) is 2.25. The van der Waals surface area contributed by atoms with Crippen LogP contribution in [0.2, 0.25) is 0 Å². The number of nitrogens with one attached hydrogen (secondary N) is 1. The van der Waals surface area contributed by atoms with Crippen molar-refractivity contribution in [2.24, 2.45) is 0 Å². The summed E-state index contributed by atoms with van der Waals surface area (Å²) in [6.07, 6.45) is 1.08. The molecule has 1 rings (SSSR count). The molecule has 0 atom stereocenters. The lowest BCUT2D eigenvalue weighted by atomic mass is 9.95. The molecule has 0 heterocycles. The van der Waals surface area contributed by atoms with E-state index in [-0.39, 0.29) is 5.54 Å². The lowest BCUT2D eigenvalue weighted by Gasteiger charge is -2.26. The van der Waals surface area contributed by atoms with Gasteiger partial charge in [-0.2, -0.15) is 11.8 Å². The number of rotatable bonds is 7. The lowest BCUT2D eigenvalue weighted by Crippen LogP contribution is -2.42. The smallest absolute Gasteiger partial charge is 0.0165 e. The summed E-state index contributed by atoms with van der Waals surface area (Å²) in [5.74, 6) is 1.19. The van der Waals surface area contributed by atoms with E-state index in [1.54, 1.807) is 0 Å². The molecule has 2 heteroatoms. The molecule has 17 heavy (non-hydrogen) atoms. The van der Waals surface area contributed by atoms with E-state index >= 15 is 0 Å². The Hall–Kier alpha value is -0.470. The van der Waals surface area contributed by atoms with Gasteiger partial charge in [0.2, 0.25) is 0 Å². The Labute approximate surface area is 110 Å². The third-order valence-electron chi connectivity index (χ3n) is 2.65. The second-order valence-corrected chi connectivity index (χ2v) is 7.08. The van der Waals surface area contributed by atoms with Crippen LogP contribution in [0, 0.1) is 0 Å². The van der Waals surface area contributed by atoms with Gasteiger partial charge in [-0.1, -0.05) is 44.2 Å². The molecule has 0 unspecified atom stereocenters. The highest BCUT2D eigenvalue weighted by molar-refractivity contribution is 7.99. The molecule has 0 radical (unpaired) electrons. The van der Waals surface area contributed by atoms with E-state index in [1.165, 1.54) is 11.3 Å². The molecular formula is C15H25NS. The van der Waals surface area contributed by atoms with Gasteiger partial charge in [0.25, 0.3) is 0 Å². The second-order valence-electron chi connectivity index (χ2n) is 5.39. The Kier molecular flexibility index (Phi) is 6.07. The molecule has 0 aliphatic rings. The van der Waals surface area contributed by atoms with Crippen LogP contribution in [0.1, 0.15) is 33.3 Å². The predicted octanol–water partition coefficient (Wildman–Crippen LogP) is 3.74. The number of benzene rings is 1. The first-order valence-electron chi connectivity index (χ1n) is 6.40. The maximum Gasteiger partial charge on any atom is 0.0165 e. The number of thioether (sulfide) groups is 1. The first-order valence-corrected chi connectivity index (χ1v) is 7.45. The summed E-state index contributed by atoms with van der Waals surface area (Å²) >= 11 is 2.02. The van der Waals surface area contributed by atoms with Gasteiger partial charge in [-0.3, -0.25) is 0 Å². The van der Waals surface area contributed by atoms with Crippen molar-refractivity contribution in [3.05, 3.63) is 35.9 Å². The third-order valence-corrected chi connectivity index (χ3v) is 3.75. The molecule has 1 N–H and O–H groups in total. The highest BCUT2D eigenvalue weighted by atomic mass is 32.2. The van der Waals surface area contributed by atoms with Crippen molar-refractivity contribution in [3.8, 4) is 0 Å². The standard InChI is InChI=1S/C15H25NS/c1-13(2)17-11-10-16-15(3,4)12-14-8-6-5-7-9-14/h5-9,13,16H,10-12H2,1-4H3. The van der Waals surface area contributed by atoms with Gasteiger partial charge in [0.05, 0.1) is 0 Å². The van der Waals surface area contributed by atoms with Gasteiger partial charge in [-0.25, -0.2) is 0 Å². The predicted molar refractivity (Wildman–Crippen MR) is 79.8 cm³/mol. The Bertz CT molecular complexity index is 306. The van der Waals surface area contributed by atoms with Gasteiger partial charge in [0.1, 0.15) is 0 Å². The molecular weight excluding hydrogens is 226 g/mol. The average molecular weight is 251 g/mol. The van der Waals surface area contributed by atoms with Gasteiger partial charge in [0, 0.05) is 17.8 Å². The van der Waals surface area contributed by atoms with Gasteiger partial charge >= 0.3 is 0 Å². The lowest BCUT2D eigenvalue weighted by molar-refractivity contribution is 0.398. The van der Waals surface area contributed by atoms with E-state index in [2.05, 4.69) is 63.3 Å². The first kappa shape index (κ1) is 14.6. The Morgan fingerprint density at radius 1 is 1.18 bits per heavy atom. The topological polar surface area (TPSA) is 12.0 Å². The summed E-state index contributed by atoms with van der Waals surface area (Å²) in [7, 11) is 0. The fourth-order valence-corrected chi connectivity index (χ4v) is 2.54. The van der Waals surface area contributed by atoms with Crippen LogP contribution in [0.4, 0.5) is 0 Å². The summed E-state index contributed by atoms with van der Waals surface area (Å²) in [6, 6.07) is 10.7. The summed E-state index contributed by atoms with van der Waals surface area (Å²) < 4.78 is 0. The van der Waals surface area contributed by atoms with Gasteiger partial charge in [-0.15, -0.1) is 0 Å². The van der Waals surface area contributed by atoms with Crippen LogP contribution in [0.5, 0.6) is 0 Å². The normalized spacial score (nSPS) is 12.1. The molecule has 96 valence electrons. The van der Waals surface area contributed by atoms with Crippen LogP contribution in [-0.4, -0.2) is 23.1 Å². The molecule has 1 aromatic rings. The maximum absolute atomic E-state index is 3.64. The molecule has 0 saturated heterocycles. The van der Waals surface area contributed by atoms with Crippen LogP contribution in [0.15, 0.2) is 30.3 Å². The SMILES string of the molecule is CC(C)SCCNC(C)(C)Cc1ccccc1. The summed E-state index contributed by atoms with van der Waals surface area (Å²) in [4.78, 5) is 0. The van der Waals surface area contributed by atoms with Crippen LogP contribution in [-0.2, 0) is 6.42 Å². The zero-order valence-corrected chi connectivity index (χ0v) is 12.3. The highest BCUT2D eigenvalue weighted by Gasteiger charge is 2.16. The van der Waals surface area contributed by atoms with Crippen molar-refractivity contribution in [3.63, 3.8) is 0 Å². The van der Waals surface area contributed by atoms with Crippen molar-refractivity contribution in [1.82, 2.24) is 5.32 Å². The monoisotopic (exact) mass is 251 g/mol. The van der Waals surface area contributed by atoms with Crippen LogP contribution in [0.3, 0.4) is 0 Å². The molecule has 0 bridgehead atoms. The largest absolute Gasteiger partial charge is 0.311 e. The van der Waals surface area contributed by atoms with Crippen molar-refractivity contribution in [2.45, 2.75) is 44.9 Å². The van der Waals surface area contributed by atoms with Gasteiger partial charge in [-0.05, 0) is 31.1 Å². The van der Waals surface area contributed by atoms with Crippen LogP contribution >= 0.6 is 11.8 Å². The van der Waals surface area contributed by atoms with Crippen molar-refractivity contribution in [1.29, 1.82) is 0 Å². The number of hydrogen-bond donors (Lipinski definition) is 1. The Balaban J connectivity index is 2.31. The molecule has 0 aliphatic heterocycles. The second kappa shape index (κ2) is 7.07. The van der Waals surface area contributed by atoms with E-state index in [4.69, 9.17) is 0 Å². The van der Waals surface area contributed by atoms with E-state index in [9.17, 15) is 0 Å². The molecule has 1 nitrogen and oxygen atoms in total. The molecule has 0 spiro atoms. The molecule has 0 aliphatic carbocycles. The van der Waals surface area contributed by atoms with Crippen molar-refractivity contribution >= 4 is 11.8 Å². The molecule has 0 aromatic heterocycles. The van der Waals surface area contributed by atoms with Gasteiger partial charge < -0.3 is 5.32 Å². The zero-order valence-electron chi connectivity index (χ0n) is 11.5. The van der Waals surface area contributed by atoms with Crippen LogP contribution < -0.4 is 5.32 Å². The minimum Gasteiger partial charge on any atom is -0.311 e. The summed E-state index contributed by atoms with van der Waals surface area (Å²) in [5, 5.41) is 4.37. The minimum absolute atomic E-state index is 0.179. The zero-order chi connectivity index (χ0) is 12.7. The van der Waals surface area contributed by atoms with E-state index in [0.717, 1.165) is 18.2 Å². The summed E-state index contributed by atoms with van der Waals surface area (Å²) in [5.41, 5.74) is 1.58. The van der Waals surface area contributed by atoms with Crippen LogP contribution in [0.25, 0.3) is 0 Å². The van der Waals surface area contributed by atoms with E-state index < -0.39 is 0 Å². The minimum atomic E-state index is 0.179. The van der Waals surface area contributed by atoms with E-state index in [1.807, 2.05) is 11.8 Å².